The van der Waals surface area contributed by atoms with Crippen molar-refractivity contribution in [3.8, 4) is 29.1 Å². The number of nitrogens with zero attached hydrogens (tertiary/aromatic N) is 2. The molecule has 0 saturated carbocycles. The van der Waals surface area contributed by atoms with E-state index < -0.39 is 54.0 Å². The van der Waals surface area contributed by atoms with Gasteiger partial charge >= 0.3 is 29.2 Å². The minimum Gasteiger partial charge on any atom is -0.496 e. The number of hydrogen-bond acceptors (Lipinski definition) is 16. The number of methoxy groups -OCH3 is 3. The van der Waals surface area contributed by atoms with E-state index in [2.05, 4.69) is 25.4 Å². The summed E-state index contributed by atoms with van der Waals surface area (Å²) in [5.41, 5.74) is 11.3. The molecule has 2 aromatic rings. The molecule has 0 radical (unpaired) electrons. The van der Waals surface area contributed by atoms with Crippen LogP contribution < -0.4 is 31.4 Å². The van der Waals surface area contributed by atoms with Gasteiger partial charge in [-0.3, -0.25) is 9.09 Å². The van der Waals surface area contributed by atoms with Crippen LogP contribution in [-0.4, -0.2) is 88.4 Å². The van der Waals surface area contributed by atoms with Crippen LogP contribution in [0.5, 0.6) is 17.2 Å². The number of nitrogen functional groups attached to an aromatic ring is 1. The first kappa shape index (κ1) is 38.9. The number of phosphoric ester groups is 1. The maximum absolute atomic E-state index is 12.9. The van der Waals surface area contributed by atoms with Crippen molar-refractivity contribution >= 4 is 41.0 Å². The molecule has 24 heteroatoms. The molecule has 2 heterocycles. The van der Waals surface area contributed by atoms with E-state index in [-0.39, 0.29) is 30.5 Å². The molecule has 0 aliphatic carbocycles. The molecule has 5 atom stereocenters. The third-order valence-corrected chi connectivity index (χ3v) is 10.7. The van der Waals surface area contributed by atoms with Crippen molar-refractivity contribution in [3.05, 3.63) is 39.9 Å². The molecule has 1 fully saturated rings. The van der Waals surface area contributed by atoms with Crippen LogP contribution >= 0.6 is 35.2 Å². The molecule has 1 aromatic carbocycles. The van der Waals surface area contributed by atoms with Gasteiger partial charge in [0.2, 0.25) is 0 Å². The minimum atomic E-state index is -5.76. The van der Waals surface area contributed by atoms with Crippen LogP contribution in [-0.2, 0) is 42.1 Å². The summed E-state index contributed by atoms with van der Waals surface area (Å²) in [5, 5.41) is 0. The van der Waals surface area contributed by atoms with Crippen LogP contribution in [0.15, 0.2) is 23.1 Å². The van der Waals surface area contributed by atoms with E-state index in [1.54, 1.807) is 12.1 Å². The molecule has 3 unspecified atom stereocenters. The van der Waals surface area contributed by atoms with Crippen LogP contribution in [0.4, 0.5) is 5.82 Å². The summed E-state index contributed by atoms with van der Waals surface area (Å²) in [4.78, 5) is 53.5. The Morgan fingerprint density at radius 1 is 1.06 bits per heavy atom. The summed E-state index contributed by atoms with van der Waals surface area (Å²) in [7, 11) is -12.4. The molecule has 1 aliphatic heterocycles. The van der Waals surface area contributed by atoms with E-state index in [1.165, 1.54) is 39.3 Å². The summed E-state index contributed by atoms with van der Waals surface area (Å²) in [6, 6.07) is 2.42. The molecule has 0 bridgehead atoms. The van der Waals surface area contributed by atoms with E-state index >= 15 is 0 Å². The van der Waals surface area contributed by atoms with Gasteiger partial charge in [0, 0.05) is 29.6 Å². The maximum Gasteiger partial charge on any atom is 0.490 e. The molecule has 0 spiro atoms. The van der Waals surface area contributed by atoms with Gasteiger partial charge in [-0.15, -0.1) is 11.8 Å². The molecule has 1 aromatic heterocycles. The fourth-order valence-electron chi connectivity index (χ4n) is 4.18. The maximum atomic E-state index is 12.9. The number of aromatic nitrogens is 2. The third-order valence-electron chi connectivity index (χ3n) is 6.12. The molecule has 0 amide bonds. The van der Waals surface area contributed by atoms with Crippen LogP contribution in [0.2, 0.25) is 0 Å². The highest BCUT2D eigenvalue weighted by Gasteiger charge is 2.44. The highest BCUT2D eigenvalue weighted by atomic mass is 32.2. The first-order valence-corrected chi connectivity index (χ1v) is 18.7. The van der Waals surface area contributed by atoms with E-state index in [1.807, 2.05) is 0 Å². The smallest absolute Gasteiger partial charge is 0.490 e. The van der Waals surface area contributed by atoms with Crippen molar-refractivity contribution in [3.63, 3.8) is 0 Å². The topological polar surface area (TPSA) is 293 Å². The van der Waals surface area contributed by atoms with Crippen LogP contribution in [0, 0.1) is 11.8 Å². The predicted octanol–water partition coefficient (Wildman–Crippen LogP) is 0.721. The number of ether oxygens (including phenoxy) is 5. The van der Waals surface area contributed by atoms with Gasteiger partial charge in [-0.25, -0.2) is 18.5 Å². The Kier molecular flexibility index (Phi) is 13.9. The number of rotatable bonds is 16. The molecule has 47 heavy (non-hydrogen) atoms. The zero-order valence-electron chi connectivity index (χ0n) is 25.0. The molecule has 1 aliphatic rings. The molecule has 8 N–H and O–H groups in total. The Morgan fingerprint density at radius 2 is 1.72 bits per heavy atom. The van der Waals surface area contributed by atoms with E-state index in [9.17, 15) is 28.3 Å². The summed E-state index contributed by atoms with van der Waals surface area (Å²) in [6.45, 7) is -1.04. The normalized spacial score (nSPS) is 20.5. The molecule has 20 nitrogen and oxygen atoms in total. The van der Waals surface area contributed by atoms with Gasteiger partial charge in [0.1, 0.15) is 35.3 Å². The van der Waals surface area contributed by atoms with Gasteiger partial charge in [-0.1, -0.05) is 11.8 Å². The van der Waals surface area contributed by atoms with Crippen molar-refractivity contribution in [1.29, 1.82) is 0 Å². The van der Waals surface area contributed by atoms with Gasteiger partial charge in [0.05, 0.1) is 58.6 Å². The second kappa shape index (κ2) is 16.7. The highest BCUT2D eigenvalue weighted by molar-refractivity contribution is 7.98. The largest absolute Gasteiger partial charge is 0.496 e. The van der Waals surface area contributed by atoms with E-state index in [4.69, 9.17) is 49.5 Å². The summed E-state index contributed by atoms with van der Waals surface area (Å²) in [5.74, 6) is 6.89. The quantitative estimate of drug-likeness (QED) is 0.0597. The Hall–Kier alpha value is -2.50. The van der Waals surface area contributed by atoms with Crippen molar-refractivity contribution in [2.24, 2.45) is 5.73 Å². The zero-order chi connectivity index (χ0) is 35.0. The van der Waals surface area contributed by atoms with Gasteiger partial charge in [-0.05, 0) is 0 Å². The monoisotopic (exact) mass is 746 g/mol. The lowest BCUT2D eigenvalue weighted by Crippen LogP contribution is -2.39. The second-order valence-electron chi connectivity index (χ2n) is 9.17. The Labute approximate surface area is 272 Å². The number of thioether (sulfide) groups is 1. The van der Waals surface area contributed by atoms with Crippen LogP contribution in [0.1, 0.15) is 17.2 Å². The Morgan fingerprint density at radius 3 is 2.30 bits per heavy atom. The number of hydrogen-bond donors (Lipinski definition) is 6. The molecule has 1 saturated heterocycles. The van der Waals surface area contributed by atoms with E-state index in [0.29, 0.717) is 28.6 Å². The third kappa shape index (κ3) is 11.3. The minimum absolute atomic E-state index is 0.000499. The van der Waals surface area contributed by atoms with Gasteiger partial charge in [-0.2, -0.15) is 13.6 Å². The molecular weight excluding hydrogens is 713 g/mol. The zero-order valence-corrected chi connectivity index (χ0v) is 28.5. The Bertz CT molecular complexity index is 1650. The summed E-state index contributed by atoms with van der Waals surface area (Å²) in [6.07, 6.45) is -0.978. The van der Waals surface area contributed by atoms with Crippen molar-refractivity contribution in [2.75, 3.05) is 52.8 Å². The van der Waals surface area contributed by atoms with E-state index in [0.717, 1.165) is 4.57 Å². The lowest BCUT2D eigenvalue weighted by atomic mass is 10.1. The number of nitrogens with two attached hydrogens (primary N) is 2. The van der Waals surface area contributed by atoms with Crippen LogP contribution in [0.25, 0.3) is 0 Å². The van der Waals surface area contributed by atoms with Crippen molar-refractivity contribution in [1.82, 2.24) is 9.55 Å². The average molecular weight is 747 g/mol. The van der Waals surface area contributed by atoms with Gasteiger partial charge in [0.15, 0.2) is 0 Å². The lowest BCUT2D eigenvalue weighted by molar-refractivity contribution is -0.0231. The second-order valence-corrected chi connectivity index (χ2v) is 14.5. The predicted molar refractivity (Wildman–Crippen MR) is 165 cm³/mol. The SMILES string of the molecule is COc1cc(OC)c(CSCO[C@H]2C(n3cc(C#CCN)c(N)nc3=O)CO[C@@H]2COP(=O)(O)OP(=O)(O)OP(=O)(O)O)c(OC)c1. The van der Waals surface area contributed by atoms with Gasteiger partial charge < -0.3 is 54.7 Å². The number of phosphoric acid groups is 3. The fourth-order valence-corrected chi connectivity index (χ4v) is 8.04. The first-order chi connectivity index (χ1) is 22.0. The molecule has 3 rings (SSSR count). The number of benzene rings is 1. The summed E-state index contributed by atoms with van der Waals surface area (Å²) < 4.78 is 76.4. The Balaban J connectivity index is 1.84. The van der Waals surface area contributed by atoms with Crippen LogP contribution in [0.3, 0.4) is 0 Å². The number of anilines is 1. The van der Waals surface area contributed by atoms with Crippen molar-refractivity contribution in [2.45, 2.75) is 24.0 Å². The standard InChI is InChI=1S/C23H33N4O16P3S/c1-36-15-7-18(37-2)16(19(8-15)38-3)12-47-13-40-21-17(27-9-14(5-4-6-24)22(25)26-23(27)28)10-39-20(21)11-41-45(32,33)43-46(34,35)42-44(29,30)31/h7-9,17,20-21H,6,10-13,24H2,1-3H3,(H,32,33)(H,34,35)(H2,25,26,28)(H2,29,30,31)/t17?,20-,21+/m1/s1. The molecular formula is C23H33N4O16P3S. The average Bonchev–Trinajstić information content (AvgIpc) is 3.37. The first-order valence-electron chi connectivity index (χ1n) is 13.0. The fraction of sp³-hybridized carbons (Fsp3) is 0.478. The highest BCUT2D eigenvalue weighted by Crippen LogP contribution is 2.66. The molecule has 262 valence electrons. The van der Waals surface area contributed by atoms with Gasteiger partial charge in [0.25, 0.3) is 0 Å². The van der Waals surface area contributed by atoms with Crippen molar-refractivity contribution < 1.29 is 70.1 Å². The lowest BCUT2D eigenvalue weighted by Gasteiger charge is -2.25. The summed E-state index contributed by atoms with van der Waals surface area (Å²) >= 11 is 1.25.